The molecule has 0 bridgehead atoms. The van der Waals surface area contributed by atoms with E-state index >= 15 is 0 Å². The molecular weight excluding hydrogens is 196 g/mol. The van der Waals surface area contributed by atoms with E-state index in [9.17, 15) is 0 Å². The van der Waals surface area contributed by atoms with Gasteiger partial charge in [-0.25, -0.2) is 0 Å². The summed E-state index contributed by atoms with van der Waals surface area (Å²) >= 11 is 0. The second-order valence-electron chi connectivity index (χ2n) is 5.09. The van der Waals surface area contributed by atoms with Crippen LogP contribution in [0, 0.1) is 5.92 Å². The Morgan fingerprint density at radius 3 is 2.81 bits per heavy atom. The lowest BCUT2D eigenvalue weighted by Gasteiger charge is -2.34. The summed E-state index contributed by atoms with van der Waals surface area (Å²) in [5, 5.41) is 0. The highest BCUT2D eigenvalue weighted by Gasteiger charge is 2.19. The monoisotopic (exact) mass is 218 g/mol. The summed E-state index contributed by atoms with van der Waals surface area (Å²) < 4.78 is 0. The van der Waals surface area contributed by atoms with E-state index in [-0.39, 0.29) is 6.04 Å². The highest BCUT2D eigenvalue weighted by molar-refractivity contribution is 5.55. The zero-order valence-electron chi connectivity index (χ0n) is 10.3. The van der Waals surface area contributed by atoms with Crippen LogP contribution in [0.1, 0.15) is 25.8 Å². The van der Waals surface area contributed by atoms with E-state index in [1.807, 2.05) is 0 Å². The summed E-state index contributed by atoms with van der Waals surface area (Å²) in [7, 11) is 0. The minimum Gasteiger partial charge on any atom is -0.370 e. The molecular formula is C14H22N2. The van der Waals surface area contributed by atoms with Crippen molar-refractivity contribution in [3.05, 3.63) is 29.8 Å². The molecule has 0 radical (unpaired) electrons. The summed E-state index contributed by atoms with van der Waals surface area (Å²) in [6, 6.07) is 8.98. The lowest BCUT2D eigenvalue weighted by Crippen LogP contribution is -2.42. The molecule has 0 amide bonds. The zero-order chi connectivity index (χ0) is 11.5. The van der Waals surface area contributed by atoms with Gasteiger partial charge in [0.25, 0.3) is 0 Å². The van der Waals surface area contributed by atoms with Gasteiger partial charge < -0.3 is 10.6 Å². The lowest BCUT2D eigenvalue weighted by atomic mass is 9.99. The molecule has 0 aliphatic carbocycles. The molecule has 1 unspecified atom stereocenters. The number of hydrogen-bond acceptors (Lipinski definition) is 2. The standard InChI is InChI=1S/C14H22N2/c1-11(2)13(15)10-16-9-5-7-12-6-3-4-8-14(12)16/h3-4,6,8,11,13H,5,7,9-10,15H2,1-2H3. The van der Waals surface area contributed by atoms with Crippen molar-refractivity contribution in [1.29, 1.82) is 0 Å². The van der Waals surface area contributed by atoms with E-state index in [0.29, 0.717) is 5.92 Å². The minimum absolute atomic E-state index is 0.270. The van der Waals surface area contributed by atoms with Crippen molar-refractivity contribution in [3.8, 4) is 0 Å². The molecule has 2 N–H and O–H groups in total. The Hall–Kier alpha value is -1.02. The molecule has 2 nitrogen and oxygen atoms in total. The van der Waals surface area contributed by atoms with Crippen LogP contribution >= 0.6 is 0 Å². The van der Waals surface area contributed by atoms with Gasteiger partial charge in [0.05, 0.1) is 0 Å². The summed E-state index contributed by atoms with van der Waals surface area (Å²) in [5.74, 6) is 0.550. The highest BCUT2D eigenvalue weighted by atomic mass is 15.1. The second kappa shape index (κ2) is 4.88. The summed E-state index contributed by atoms with van der Waals surface area (Å²) in [6.07, 6.45) is 2.46. The van der Waals surface area contributed by atoms with E-state index in [1.54, 1.807) is 0 Å². The third-order valence-electron chi connectivity index (χ3n) is 3.49. The molecule has 0 aromatic heterocycles. The van der Waals surface area contributed by atoms with Gasteiger partial charge in [-0.15, -0.1) is 0 Å². The molecule has 1 heterocycles. The first kappa shape index (κ1) is 11.5. The molecule has 1 aliphatic heterocycles. The van der Waals surface area contributed by atoms with Crippen molar-refractivity contribution in [1.82, 2.24) is 0 Å². The van der Waals surface area contributed by atoms with Gasteiger partial charge >= 0.3 is 0 Å². The number of para-hydroxylation sites is 1. The molecule has 0 fully saturated rings. The normalized spacial score (nSPS) is 17.4. The maximum atomic E-state index is 6.16. The van der Waals surface area contributed by atoms with E-state index in [1.165, 1.54) is 24.1 Å². The van der Waals surface area contributed by atoms with Crippen LogP contribution in [0.4, 0.5) is 5.69 Å². The van der Waals surface area contributed by atoms with Gasteiger partial charge in [0.2, 0.25) is 0 Å². The number of nitrogens with zero attached hydrogens (tertiary/aromatic N) is 1. The molecule has 1 aromatic rings. The largest absolute Gasteiger partial charge is 0.370 e. The van der Waals surface area contributed by atoms with Gasteiger partial charge in [-0.05, 0) is 30.4 Å². The fourth-order valence-electron chi connectivity index (χ4n) is 2.27. The van der Waals surface area contributed by atoms with Gasteiger partial charge in [-0.2, -0.15) is 0 Å². The average molecular weight is 218 g/mol. The summed E-state index contributed by atoms with van der Waals surface area (Å²) in [4.78, 5) is 2.45. The molecule has 0 saturated carbocycles. The Kier molecular flexibility index (Phi) is 3.49. The third-order valence-corrected chi connectivity index (χ3v) is 3.49. The van der Waals surface area contributed by atoms with Crippen LogP contribution in [0.2, 0.25) is 0 Å². The SMILES string of the molecule is CC(C)C(N)CN1CCCc2ccccc21. The molecule has 0 saturated heterocycles. The molecule has 2 rings (SSSR count). The number of benzene rings is 1. The molecule has 2 heteroatoms. The van der Waals surface area contributed by atoms with Crippen molar-refractivity contribution in [2.45, 2.75) is 32.7 Å². The summed E-state index contributed by atoms with van der Waals surface area (Å²) in [5.41, 5.74) is 9.03. The third kappa shape index (κ3) is 2.38. The van der Waals surface area contributed by atoms with Gasteiger partial charge in [0, 0.05) is 24.8 Å². The maximum Gasteiger partial charge on any atom is 0.0399 e. The van der Waals surface area contributed by atoms with E-state index < -0.39 is 0 Å². The molecule has 0 spiro atoms. The van der Waals surface area contributed by atoms with Gasteiger partial charge in [0.1, 0.15) is 0 Å². The molecule has 16 heavy (non-hydrogen) atoms. The fourth-order valence-corrected chi connectivity index (χ4v) is 2.27. The lowest BCUT2D eigenvalue weighted by molar-refractivity contribution is 0.479. The van der Waals surface area contributed by atoms with Crippen LogP contribution in [-0.2, 0) is 6.42 Å². The van der Waals surface area contributed by atoms with Crippen LogP contribution < -0.4 is 10.6 Å². The Morgan fingerprint density at radius 1 is 1.31 bits per heavy atom. The van der Waals surface area contributed by atoms with Crippen molar-refractivity contribution < 1.29 is 0 Å². The van der Waals surface area contributed by atoms with Crippen molar-refractivity contribution in [3.63, 3.8) is 0 Å². The van der Waals surface area contributed by atoms with Crippen LogP contribution in [0.25, 0.3) is 0 Å². The Bertz CT molecular complexity index is 346. The fraction of sp³-hybridized carbons (Fsp3) is 0.571. The average Bonchev–Trinajstić information content (AvgIpc) is 2.29. The first-order valence-corrected chi connectivity index (χ1v) is 6.27. The Morgan fingerprint density at radius 2 is 2.06 bits per heavy atom. The first-order chi connectivity index (χ1) is 7.68. The predicted octanol–water partition coefficient (Wildman–Crippen LogP) is 2.42. The zero-order valence-corrected chi connectivity index (χ0v) is 10.3. The Labute approximate surface area is 98.4 Å². The molecule has 1 aliphatic rings. The van der Waals surface area contributed by atoms with Crippen LogP contribution in [0.3, 0.4) is 0 Å². The van der Waals surface area contributed by atoms with Gasteiger partial charge in [-0.3, -0.25) is 0 Å². The van der Waals surface area contributed by atoms with Crippen LogP contribution in [0.15, 0.2) is 24.3 Å². The number of hydrogen-bond donors (Lipinski definition) is 1. The number of aryl methyl sites for hydroxylation is 1. The topological polar surface area (TPSA) is 29.3 Å². The van der Waals surface area contributed by atoms with Crippen molar-refractivity contribution in [2.75, 3.05) is 18.0 Å². The number of fused-ring (bicyclic) bond motifs is 1. The predicted molar refractivity (Wildman–Crippen MR) is 69.8 cm³/mol. The van der Waals surface area contributed by atoms with Crippen molar-refractivity contribution >= 4 is 5.69 Å². The molecule has 1 atom stereocenters. The molecule has 88 valence electrons. The van der Waals surface area contributed by atoms with E-state index in [4.69, 9.17) is 5.73 Å². The number of anilines is 1. The summed E-state index contributed by atoms with van der Waals surface area (Å²) in [6.45, 7) is 6.52. The van der Waals surface area contributed by atoms with Crippen molar-refractivity contribution in [2.24, 2.45) is 11.7 Å². The van der Waals surface area contributed by atoms with E-state index in [0.717, 1.165) is 13.1 Å². The van der Waals surface area contributed by atoms with Gasteiger partial charge in [0.15, 0.2) is 0 Å². The first-order valence-electron chi connectivity index (χ1n) is 6.27. The minimum atomic E-state index is 0.270. The molecule has 1 aromatic carbocycles. The Balaban J connectivity index is 2.13. The number of rotatable bonds is 3. The smallest absolute Gasteiger partial charge is 0.0399 e. The van der Waals surface area contributed by atoms with Crippen LogP contribution in [0.5, 0.6) is 0 Å². The van der Waals surface area contributed by atoms with Gasteiger partial charge in [-0.1, -0.05) is 32.0 Å². The highest BCUT2D eigenvalue weighted by Crippen LogP contribution is 2.26. The maximum absolute atomic E-state index is 6.16. The van der Waals surface area contributed by atoms with Crippen LogP contribution in [-0.4, -0.2) is 19.1 Å². The van der Waals surface area contributed by atoms with E-state index in [2.05, 4.69) is 43.0 Å². The quantitative estimate of drug-likeness (QED) is 0.844. The number of nitrogens with two attached hydrogens (primary N) is 1. The second-order valence-corrected chi connectivity index (χ2v) is 5.09.